The summed E-state index contributed by atoms with van der Waals surface area (Å²) >= 11 is 0. The summed E-state index contributed by atoms with van der Waals surface area (Å²) in [6, 6.07) is -0.552. The number of piperidine rings is 1. The molecule has 1 fully saturated rings. The number of hydrogen-bond donors (Lipinski definition) is 2. The molecule has 1 saturated heterocycles. The van der Waals surface area contributed by atoms with Crippen LogP contribution in [0.3, 0.4) is 0 Å². The summed E-state index contributed by atoms with van der Waals surface area (Å²) in [7, 11) is 1.35. The number of carbonyl (C=O) groups excluding carboxylic acids is 2. The molecule has 0 aromatic heterocycles. The Morgan fingerprint density at radius 2 is 2.05 bits per heavy atom. The van der Waals surface area contributed by atoms with Gasteiger partial charge in [-0.1, -0.05) is 20.8 Å². The normalized spacial score (nSPS) is 22.1. The highest BCUT2D eigenvalue weighted by Gasteiger charge is 2.27. The summed E-state index contributed by atoms with van der Waals surface area (Å²) < 4.78 is 4.73. The highest BCUT2D eigenvalue weighted by atomic mass is 16.5. The maximum Gasteiger partial charge on any atom is 0.328 e. The third-order valence-electron chi connectivity index (χ3n) is 4.09. The zero-order chi connectivity index (χ0) is 15.1. The van der Waals surface area contributed by atoms with Crippen LogP contribution in [0.4, 0.5) is 0 Å². The number of hydrogen-bond acceptors (Lipinski definition) is 4. The van der Waals surface area contributed by atoms with Crippen LogP contribution >= 0.6 is 0 Å². The largest absolute Gasteiger partial charge is 0.467 e. The molecule has 0 aromatic rings. The van der Waals surface area contributed by atoms with Gasteiger partial charge in [0.1, 0.15) is 6.04 Å². The standard InChI is InChI=1S/C15H28N2O3/c1-10(2)14(15(19)20-4)17-13(18)8-11(3)12-6-5-7-16-9-12/h10-12,14,16H,5-9H2,1-4H3,(H,17,18). The van der Waals surface area contributed by atoms with Crippen LogP contribution in [0.2, 0.25) is 0 Å². The minimum absolute atomic E-state index is 0.0260. The van der Waals surface area contributed by atoms with Gasteiger partial charge in [0.2, 0.25) is 5.91 Å². The van der Waals surface area contributed by atoms with E-state index in [2.05, 4.69) is 17.6 Å². The average Bonchev–Trinajstić information content (AvgIpc) is 2.44. The van der Waals surface area contributed by atoms with Gasteiger partial charge in [0.25, 0.3) is 0 Å². The zero-order valence-corrected chi connectivity index (χ0v) is 13.1. The molecule has 1 heterocycles. The van der Waals surface area contributed by atoms with Gasteiger partial charge in [-0.3, -0.25) is 4.79 Å². The monoisotopic (exact) mass is 284 g/mol. The van der Waals surface area contributed by atoms with Gasteiger partial charge in [-0.25, -0.2) is 4.79 Å². The van der Waals surface area contributed by atoms with E-state index in [1.807, 2.05) is 13.8 Å². The lowest BCUT2D eigenvalue weighted by Gasteiger charge is -2.28. The second-order valence-electron chi connectivity index (χ2n) is 6.10. The van der Waals surface area contributed by atoms with Crippen molar-refractivity contribution in [2.24, 2.45) is 17.8 Å². The zero-order valence-electron chi connectivity index (χ0n) is 13.1. The number of ether oxygens (including phenoxy) is 1. The molecule has 0 aliphatic carbocycles. The van der Waals surface area contributed by atoms with Crippen molar-refractivity contribution in [3.8, 4) is 0 Å². The lowest BCUT2D eigenvalue weighted by Crippen LogP contribution is -2.46. The quantitative estimate of drug-likeness (QED) is 0.722. The average molecular weight is 284 g/mol. The Morgan fingerprint density at radius 3 is 2.55 bits per heavy atom. The molecule has 1 amide bonds. The Balaban J connectivity index is 2.46. The Hall–Kier alpha value is -1.10. The van der Waals surface area contributed by atoms with Crippen LogP contribution in [0, 0.1) is 17.8 Å². The minimum atomic E-state index is -0.552. The van der Waals surface area contributed by atoms with E-state index < -0.39 is 6.04 Å². The van der Waals surface area contributed by atoms with Crippen molar-refractivity contribution >= 4 is 11.9 Å². The first-order chi connectivity index (χ1) is 9.45. The van der Waals surface area contributed by atoms with Crippen LogP contribution in [0.1, 0.15) is 40.0 Å². The summed E-state index contributed by atoms with van der Waals surface area (Å²) in [5, 5.41) is 6.17. The van der Waals surface area contributed by atoms with Crippen molar-refractivity contribution < 1.29 is 14.3 Å². The number of rotatable bonds is 6. The first kappa shape index (κ1) is 17.0. The summed E-state index contributed by atoms with van der Waals surface area (Å²) in [5.41, 5.74) is 0. The fourth-order valence-corrected chi connectivity index (χ4v) is 2.68. The Labute approximate surface area is 121 Å². The van der Waals surface area contributed by atoms with Gasteiger partial charge in [-0.05, 0) is 43.7 Å². The number of carbonyl (C=O) groups is 2. The molecule has 0 saturated carbocycles. The molecule has 1 aliphatic heterocycles. The van der Waals surface area contributed by atoms with Gasteiger partial charge in [-0.15, -0.1) is 0 Å². The van der Waals surface area contributed by atoms with Gasteiger partial charge < -0.3 is 15.4 Å². The first-order valence-electron chi connectivity index (χ1n) is 7.53. The molecular formula is C15H28N2O3. The number of esters is 1. The lowest BCUT2D eigenvalue weighted by atomic mass is 9.85. The van der Waals surface area contributed by atoms with Crippen LogP contribution in [-0.4, -0.2) is 38.1 Å². The maximum atomic E-state index is 12.1. The first-order valence-corrected chi connectivity index (χ1v) is 7.53. The molecular weight excluding hydrogens is 256 g/mol. The van der Waals surface area contributed by atoms with E-state index >= 15 is 0 Å². The smallest absolute Gasteiger partial charge is 0.328 e. The highest BCUT2D eigenvalue weighted by molar-refractivity contribution is 5.84. The van der Waals surface area contributed by atoms with Gasteiger partial charge in [0, 0.05) is 6.42 Å². The van der Waals surface area contributed by atoms with E-state index in [9.17, 15) is 9.59 Å². The van der Waals surface area contributed by atoms with E-state index in [1.54, 1.807) is 0 Å². The fourth-order valence-electron chi connectivity index (χ4n) is 2.68. The van der Waals surface area contributed by atoms with E-state index in [4.69, 9.17) is 4.74 Å². The molecule has 3 atom stereocenters. The fraction of sp³-hybridized carbons (Fsp3) is 0.867. The van der Waals surface area contributed by atoms with E-state index in [-0.39, 0.29) is 17.8 Å². The SMILES string of the molecule is COC(=O)C(NC(=O)CC(C)C1CCCNC1)C(C)C. The topological polar surface area (TPSA) is 67.4 Å². The third-order valence-corrected chi connectivity index (χ3v) is 4.09. The summed E-state index contributed by atoms with van der Waals surface area (Å²) in [4.78, 5) is 23.7. The van der Waals surface area contributed by atoms with E-state index in [0.29, 0.717) is 18.3 Å². The molecule has 1 rings (SSSR count). The second-order valence-corrected chi connectivity index (χ2v) is 6.10. The Bertz CT molecular complexity index is 325. The Morgan fingerprint density at radius 1 is 1.35 bits per heavy atom. The predicted octanol–water partition coefficient (Wildman–Crippen LogP) is 1.33. The van der Waals surface area contributed by atoms with Crippen LogP contribution in [0.15, 0.2) is 0 Å². The van der Waals surface area contributed by atoms with Crippen LogP contribution < -0.4 is 10.6 Å². The molecule has 2 N–H and O–H groups in total. The second kappa shape index (κ2) is 8.25. The predicted molar refractivity (Wildman–Crippen MR) is 78.2 cm³/mol. The van der Waals surface area contributed by atoms with E-state index in [0.717, 1.165) is 13.1 Å². The molecule has 5 nitrogen and oxygen atoms in total. The number of amides is 1. The molecule has 116 valence electrons. The van der Waals surface area contributed by atoms with Crippen molar-refractivity contribution in [2.75, 3.05) is 20.2 Å². The summed E-state index contributed by atoms with van der Waals surface area (Å²) in [6.45, 7) is 7.97. The van der Waals surface area contributed by atoms with Crippen molar-refractivity contribution in [3.63, 3.8) is 0 Å². The van der Waals surface area contributed by atoms with Crippen molar-refractivity contribution in [1.29, 1.82) is 0 Å². The maximum absolute atomic E-state index is 12.1. The minimum Gasteiger partial charge on any atom is -0.467 e. The molecule has 5 heteroatoms. The molecule has 3 unspecified atom stereocenters. The van der Waals surface area contributed by atoms with E-state index in [1.165, 1.54) is 20.0 Å². The summed E-state index contributed by atoms with van der Waals surface area (Å²) in [5.74, 6) is 0.462. The van der Waals surface area contributed by atoms with Crippen molar-refractivity contribution in [3.05, 3.63) is 0 Å². The van der Waals surface area contributed by atoms with Crippen molar-refractivity contribution in [2.45, 2.75) is 46.1 Å². The van der Waals surface area contributed by atoms with Crippen molar-refractivity contribution in [1.82, 2.24) is 10.6 Å². The molecule has 20 heavy (non-hydrogen) atoms. The summed E-state index contributed by atoms with van der Waals surface area (Å²) in [6.07, 6.45) is 2.81. The Kier molecular flexibility index (Phi) is 6.99. The molecule has 0 radical (unpaired) electrons. The number of methoxy groups -OCH3 is 1. The third kappa shape index (κ3) is 5.12. The van der Waals surface area contributed by atoms with Gasteiger partial charge >= 0.3 is 5.97 Å². The van der Waals surface area contributed by atoms with Gasteiger partial charge in [-0.2, -0.15) is 0 Å². The van der Waals surface area contributed by atoms with Crippen LogP contribution in [-0.2, 0) is 14.3 Å². The molecule has 1 aliphatic rings. The van der Waals surface area contributed by atoms with Gasteiger partial charge in [0.05, 0.1) is 7.11 Å². The van der Waals surface area contributed by atoms with Crippen LogP contribution in [0.25, 0.3) is 0 Å². The highest BCUT2D eigenvalue weighted by Crippen LogP contribution is 2.22. The van der Waals surface area contributed by atoms with Crippen LogP contribution in [0.5, 0.6) is 0 Å². The number of nitrogens with one attached hydrogen (secondary N) is 2. The molecule has 0 bridgehead atoms. The lowest BCUT2D eigenvalue weighted by molar-refractivity contribution is -0.146. The molecule has 0 aromatic carbocycles. The molecule has 0 spiro atoms. The van der Waals surface area contributed by atoms with Gasteiger partial charge in [0.15, 0.2) is 0 Å².